The zero-order chi connectivity index (χ0) is 14.1. The number of unbranched alkanes of at least 4 members (excludes halogenated alkanes) is 1. The van der Waals surface area contributed by atoms with Crippen LogP contribution in [0.5, 0.6) is 0 Å². The molecule has 2 nitrogen and oxygen atoms in total. The van der Waals surface area contributed by atoms with Crippen molar-refractivity contribution < 1.29 is 0 Å². The van der Waals surface area contributed by atoms with Crippen molar-refractivity contribution in [2.24, 2.45) is 0 Å². The van der Waals surface area contributed by atoms with Crippen LogP contribution in [0.3, 0.4) is 0 Å². The SMILES string of the molecule is CCCCC(C(=S)N(C)C(C)CCC)N(C)C=S. The topological polar surface area (TPSA) is 6.48 Å². The van der Waals surface area contributed by atoms with Gasteiger partial charge in [0.1, 0.15) is 4.99 Å². The van der Waals surface area contributed by atoms with Crippen LogP contribution in [0, 0.1) is 0 Å². The molecule has 0 amide bonds. The molecule has 0 N–H and O–H groups in total. The first-order chi connectivity index (χ1) is 8.49. The van der Waals surface area contributed by atoms with E-state index in [0.29, 0.717) is 6.04 Å². The molecule has 0 aromatic carbocycles. The Morgan fingerprint density at radius 1 is 1.17 bits per heavy atom. The lowest BCUT2D eigenvalue weighted by atomic mass is 10.1. The Kier molecular flexibility index (Phi) is 9.56. The Bertz CT molecular complexity index is 256. The fourth-order valence-electron chi connectivity index (χ4n) is 2.04. The first-order valence-corrected chi connectivity index (χ1v) is 7.81. The van der Waals surface area contributed by atoms with E-state index < -0.39 is 0 Å². The van der Waals surface area contributed by atoms with Gasteiger partial charge in [-0.1, -0.05) is 57.5 Å². The molecule has 0 radical (unpaired) electrons. The van der Waals surface area contributed by atoms with Crippen molar-refractivity contribution in [2.75, 3.05) is 14.1 Å². The highest BCUT2D eigenvalue weighted by atomic mass is 32.1. The molecule has 0 aliphatic rings. The maximum Gasteiger partial charge on any atom is 0.101 e. The molecule has 0 heterocycles. The van der Waals surface area contributed by atoms with Crippen molar-refractivity contribution in [3.8, 4) is 0 Å². The zero-order valence-corrected chi connectivity index (χ0v) is 14.1. The van der Waals surface area contributed by atoms with E-state index >= 15 is 0 Å². The molecular weight excluding hydrogens is 260 g/mol. The van der Waals surface area contributed by atoms with E-state index in [1.807, 2.05) is 7.05 Å². The number of hydrogen-bond acceptors (Lipinski definition) is 2. The number of nitrogens with zero attached hydrogens (tertiary/aromatic N) is 2. The van der Waals surface area contributed by atoms with Crippen LogP contribution in [0.4, 0.5) is 0 Å². The summed E-state index contributed by atoms with van der Waals surface area (Å²) in [6.07, 6.45) is 5.84. The molecule has 0 aromatic rings. The van der Waals surface area contributed by atoms with Gasteiger partial charge in [0.25, 0.3) is 0 Å². The first kappa shape index (κ1) is 17.8. The van der Waals surface area contributed by atoms with Crippen molar-refractivity contribution in [3.63, 3.8) is 0 Å². The molecule has 0 saturated heterocycles. The van der Waals surface area contributed by atoms with Gasteiger partial charge in [-0.05, 0) is 19.8 Å². The minimum atomic E-state index is 0.266. The fourth-order valence-corrected chi connectivity index (χ4v) is 2.65. The fraction of sp³-hybridized carbons (Fsp3) is 0.857. The van der Waals surface area contributed by atoms with Gasteiger partial charge < -0.3 is 9.80 Å². The predicted octanol–water partition coefficient (Wildman–Crippen LogP) is 3.88. The molecule has 0 saturated carbocycles. The van der Waals surface area contributed by atoms with Crippen molar-refractivity contribution in [2.45, 2.75) is 65.0 Å². The van der Waals surface area contributed by atoms with Crippen LogP contribution in [0.1, 0.15) is 52.9 Å². The predicted molar refractivity (Wildman–Crippen MR) is 89.5 cm³/mol. The van der Waals surface area contributed by atoms with Gasteiger partial charge in [-0.15, -0.1) is 0 Å². The van der Waals surface area contributed by atoms with Crippen LogP contribution >= 0.6 is 24.4 Å². The second kappa shape index (κ2) is 9.68. The molecule has 0 bridgehead atoms. The minimum Gasteiger partial charge on any atom is -0.365 e. The Hall–Kier alpha value is -0.220. The van der Waals surface area contributed by atoms with Crippen molar-refractivity contribution >= 4 is 34.9 Å². The highest BCUT2D eigenvalue weighted by molar-refractivity contribution is 7.80. The summed E-state index contributed by atoms with van der Waals surface area (Å²) in [6.45, 7) is 6.66. The molecule has 0 spiro atoms. The molecule has 0 aliphatic heterocycles. The van der Waals surface area contributed by atoms with Crippen molar-refractivity contribution in [3.05, 3.63) is 0 Å². The summed E-state index contributed by atoms with van der Waals surface area (Å²) in [5, 5.41) is 0. The Morgan fingerprint density at radius 2 is 1.78 bits per heavy atom. The van der Waals surface area contributed by atoms with Crippen LogP contribution in [0.25, 0.3) is 0 Å². The Morgan fingerprint density at radius 3 is 2.22 bits per heavy atom. The average molecular weight is 289 g/mol. The highest BCUT2D eigenvalue weighted by Gasteiger charge is 2.22. The Balaban J connectivity index is 4.66. The third kappa shape index (κ3) is 5.61. The molecule has 0 aromatic heterocycles. The van der Waals surface area contributed by atoms with Gasteiger partial charge in [-0.25, -0.2) is 0 Å². The van der Waals surface area contributed by atoms with E-state index in [-0.39, 0.29) is 6.04 Å². The molecule has 2 atom stereocenters. The van der Waals surface area contributed by atoms with Gasteiger partial charge in [-0.3, -0.25) is 0 Å². The monoisotopic (exact) mass is 288 g/mol. The maximum absolute atomic E-state index is 5.66. The van der Waals surface area contributed by atoms with E-state index in [0.717, 1.165) is 11.4 Å². The van der Waals surface area contributed by atoms with Crippen LogP contribution in [0.15, 0.2) is 0 Å². The minimum absolute atomic E-state index is 0.266. The maximum atomic E-state index is 5.66. The molecule has 0 fully saturated rings. The van der Waals surface area contributed by atoms with E-state index in [9.17, 15) is 0 Å². The normalized spacial score (nSPS) is 13.8. The number of thiocarbonyl (C=S) groups is 2. The summed E-state index contributed by atoms with van der Waals surface area (Å²) >= 11 is 10.7. The van der Waals surface area contributed by atoms with Gasteiger partial charge >= 0.3 is 0 Å². The van der Waals surface area contributed by atoms with Crippen LogP contribution in [-0.2, 0) is 0 Å². The summed E-state index contributed by atoms with van der Waals surface area (Å²) < 4.78 is 0. The lowest BCUT2D eigenvalue weighted by molar-refractivity contribution is 0.331. The third-order valence-corrected chi connectivity index (χ3v) is 4.38. The number of hydrogen-bond donors (Lipinski definition) is 0. The summed E-state index contributed by atoms with van der Waals surface area (Å²) in [4.78, 5) is 5.34. The summed E-state index contributed by atoms with van der Waals surface area (Å²) in [6, 6.07) is 0.770. The van der Waals surface area contributed by atoms with Gasteiger partial charge in [0, 0.05) is 20.1 Å². The van der Waals surface area contributed by atoms with Crippen LogP contribution in [-0.4, -0.2) is 46.5 Å². The summed E-state index contributed by atoms with van der Waals surface area (Å²) in [7, 11) is 4.14. The van der Waals surface area contributed by atoms with Gasteiger partial charge in [0.05, 0.1) is 11.5 Å². The van der Waals surface area contributed by atoms with Crippen LogP contribution in [0.2, 0.25) is 0 Å². The summed E-state index contributed by atoms with van der Waals surface area (Å²) in [5.74, 6) is 0. The second-order valence-electron chi connectivity index (χ2n) is 5.02. The van der Waals surface area contributed by atoms with E-state index in [2.05, 4.69) is 37.6 Å². The van der Waals surface area contributed by atoms with Gasteiger partial charge in [-0.2, -0.15) is 0 Å². The average Bonchev–Trinajstić information content (AvgIpc) is 2.37. The van der Waals surface area contributed by atoms with Crippen molar-refractivity contribution in [1.82, 2.24) is 9.80 Å². The zero-order valence-electron chi connectivity index (χ0n) is 12.5. The largest absolute Gasteiger partial charge is 0.365 e. The van der Waals surface area contributed by atoms with Gasteiger partial charge in [0.15, 0.2) is 0 Å². The van der Waals surface area contributed by atoms with E-state index in [1.54, 1.807) is 5.49 Å². The van der Waals surface area contributed by atoms with Crippen molar-refractivity contribution in [1.29, 1.82) is 0 Å². The van der Waals surface area contributed by atoms with Crippen LogP contribution < -0.4 is 0 Å². The smallest absolute Gasteiger partial charge is 0.101 e. The Labute approximate surface area is 124 Å². The summed E-state index contributed by atoms with van der Waals surface area (Å²) in [5.41, 5.74) is 1.71. The number of likely N-dealkylation sites (N-methyl/N-ethyl adjacent to an activating group) is 2. The van der Waals surface area contributed by atoms with Gasteiger partial charge in [0.2, 0.25) is 0 Å². The van der Waals surface area contributed by atoms with E-state index in [4.69, 9.17) is 24.4 Å². The standard InChI is InChI=1S/C14H28N2S2/c1-6-8-10-13(15(4)11-17)14(18)16(5)12(3)9-7-2/h11-13H,6-10H2,1-5H3. The molecule has 106 valence electrons. The molecule has 18 heavy (non-hydrogen) atoms. The molecular formula is C14H28N2S2. The quantitative estimate of drug-likeness (QED) is 0.594. The molecule has 0 rings (SSSR count). The molecule has 4 heteroatoms. The lowest BCUT2D eigenvalue weighted by Crippen LogP contribution is -2.47. The van der Waals surface area contributed by atoms with E-state index in [1.165, 1.54) is 25.7 Å². The second-order valence-corrected chi connectivity index (χ2v) is 5.64. The highest BCUT2D eigenvalue weighted by Crippen LogP contribution is 2.14. The first-order valence-electron chi connectivity index (χ1n) is 6.93. The molecule has 0 aliphatic carbocycles. The third-order valence-electron chi connectivity index (χ3n) is 3.49. The molecule has 2 unspecified atom stereocenters. The lowest BCUT2D eigenvalue weighted by Gasteiger charge is -2.35. The number of rotatable bonds is 9.